The summed E-state index contributed by atoms with van der Waals surface area (Å²) in [5.74, 6) is 0.109. The smallest absolute Gasteiger partial charge is 0.319 e. The van der Waals surface area contributed by atoms with E-state index < -0.39 is 0 Å². The summed E-state index contributed by atoms with van der Waals surface area (Å²) in [7, 11) is 0. The fraction of sp³-hybridized carbons (Fsp3) is 0.308. The maximum atomic E-state index is 12.0. The van der Waals surface area contributed by atoms with Gasteiger partial charge in [0.05, 0.1) is 6.04 Å². The highest BCUT2D eigenvalue weighted by atomic mass is 16.2. The highest BCUT2D eigenvalue weighted by molar-refractivity contribution is 6.00. The van der Waals surface area contributed by atoms with Crippen LogP contribution in [0.4, 0.5) is 4.79 Å². The highest BCUT2D eigenvalue weighted by Gasteiger charge is 2.34. The summed E-state index contributed by atoms with van der Waals surface area (Å²) >= 11 is 0. The van der Waals surface area contributed by atoms with Crippen molar-refractivity contribution in [1.82, 2.24) is 15.6 Å². The van der Waals surface area contributed by atoms with Gasteiger partial charge in [-0.1, -0.05) is 6.07 Å². The van der Waals surface area contributed by atoms with Gasteiger partial charge >= 0.3 is 6.03 Å². The third-order valence-electron chi connectivity index (χ3n) is 3.30. The van der Waals surface area contributed by atoms with Gasteiger partial charge in [0.2, 0.25) is 0 Å². The second-order valence-corrected chi connectivity index (χ2v) is 4.49. The Hall–Kier alpha value is -2.17. The van der Waals surface area contributed by atoms with Crippen LogP contribution in [-0.4, -0.2) is 16.8 Å². The first-order valence-corrected chi connectivity index (χ1v) is 5.99. The molecule has 0 bridgehead atoms. The number of hydrogen-bond acceptors (Lipinski definition) is 3. The molecule has 2 aliphatic rings. The SMILES string of the molecule is O=C1NC2=C(C(=O)CCC2)C(c2cccnc2)N1. The summed E-state index contributed by atoms with van der Waals surface area (Å²) < 4.78 is 0. The van der Waals surface area contributed by atoms with E-state index >= 15 is 0 Å². The second kappa shape index (κ2) is 4.25. The number of carbonyl (C=O) groups is 2. The molecule has 1 unspecified atom stereocenters. The van der Waals surface area contributed by atoms with E-state index in [1.54, 1.807) is 18.5 Å². The van der Waals surface area contributed by atoms with Crippen molar-refractivity contribution in [2.24, 2.45) is 0 Å². The number of carbonyl (C=O) groups excluding carboxylic acids is 2. The van der Waals surface area contributed by atoms with Crippen LogP contribution in [0, 0.1) is 0 Å². The number of Topliss-reactive ketones (excluding diaryl/α,β-unsaturated/α-hetero) is 1. The van der Waals surface area contributed by atoms with Crippen LogP contribution in [0.1, 0.15) is 30.9 Å². The third kappa shape index (κ3) is 1.77. The lowest BCUT2D eigenvalue weighted by Crippen LogP contribution is -2.46. The number of pyridine rings is 1. The fourth-order valence-corrected chi connectivity index (χ4v) is 2.50. The lowest BCUT2D eigenvalue weighted by molar-refractivity contribution is -0.116. The maximum Gasteiger partial charge on any atom is 0.319 e. The number of allylic oxidation sites excluding steroid dienone is 1. The standard InChI is InChI=1S/C13H13N3O2/c17-10-5-1-4-9-11(10)12(16-13(18)15-9)8-3-2-6-14-7-8/h2-3,6-7,12H,1,4-5H2,(H2,15,16,18). The number of urea groups is 1. The molecule has 0 spiro atoms. The van der Waals surface area contributed by atoms with E-state index in [1.165, 1.54) is 0 Å². The van der Waals surface area contributed by atoms with Crippen molar-refractivity contribution in [2.75, 3.05) is 0 Å². The van der Waals surface area contributed by atoms with Gasteiger partial charge in [-0.25, -0.2) is 4.79 Å². The Morgan fingerprint density at radius 2 is 2.17 bits per heavy atom. The summed E-state index contributed by atoms with van der Waals surface area (Å²) in [4.78, 5) is 27.7. The van der Waals surface area contributed by atoms with Crippen molar-refractivity contribution in [3.05, 3.63) is 41.4 Å². The van der Waals surface area contributed by atoms with Gasteiger partial charge in [0.1, 0.15) is 0 Å². The minimum Gasteiger partial charge on any atom is -0.327 e. The lowest BCUT2D eigenvalue weighted by atomic mass is 9.86. The molecule has 92 valence electrons. The maximum absolute atomic E-state index is 12.0. The zero-order valence-corrected chi connectivity index (χ0v) is 9.77. The molecular formula is C13H13N3O2. The van der Waals surface area contributed by atoms with E-state index in [9.17, 15) is 9.59 Å². The van der Waals surface area contributed by atoms with E-state index in [-0.39, 0.29) is 17.9 Å². The molecule has 0 saturated carbocycles. The van der Waals surface area contributed by atoms with Gasteiger partial charge in [0.15, 0.2) is 5.78 Å². The average Bonchev–Trinajstić information content (AvgIpc) is 2.39. The first-order valence-electron chi connectivity index (χ1n) is 5.99. The highest BCUT2D eigenvalue weighted by Crippen LogP contribution is 2.32. The Morgan fingerprint density at radius 1 is 1.28 bits per heavy atom. The van der Waals surface area contributed by atoms with Crippen molar-refractivity contribution >= 4 is 11.8 Å². The molecule has 3 rings (SSSR count). The summed E-state index contributed by atoms with van der Waals surface area (Å²) in [5.41, 5.74) is 2.30. The number of amides is 2. The van der Waals surface area contributed by atoms with Gasteiger partial charge in [-0.2, -0.15) is 0 Å². The van der Waals surface area contributed by atoms with Crippen LogP contribution in [-0.2, 0) is 4.79 Å². The predicted molar refractivity (Wildman–Crippen MR) is 64.5 cm³/mol. The molecular weight excluding hydrogens is 230 g/mol. The number of nitrogens with zero attached hydrogens (tertiary/aromatic N) is 1. The van der Waals surface area contributed by atoms with E-state index in [4.69, 9.17) is 0 Å². The van der Waals surface area contributed by atoms with Crippen molar-refractivity contribution in [3.63, 3.8) is 0 Å². The first-order chi connectivity index (χ1) is 8.75. The van der Waals surface area contributed by atoms with Gasteiger partial charge in [-0.05, 0) is 24.5 Å². The number of nitrogens with one attached hydrogen (secondary N) is 2. The van der Waals surface area contributed by atoms with Crippen molar-refractivity contribution in [3.8, 4) is 0 Å². The molecule has 2 amide bonds. The summed E-state index contributed by atoms with van der Waals surface area (Å²) in [6.45, 7) is 0. The van der Waals surface area contributed by atoms with Crippen LogP contribution >= 0.6 is 0 Å². The lowest BCUT2D eigenvalue weighted by Gasteiger charge is -2.32. The quantitative estimate of drug-likeness (QED) is 0.784. The molecule has 5 heteroatoms. The predicted octanol–water partition coefficient (Wildman–Crippen LogP) is 1.44. The van der Waals surface area contributed by atoms with Gasteiger partial charge in [-0.3, -0.25) is 9.78 Å². The molecule has 1 aliphatic carbocycles. The van der Waals surface area contributed by atoms with E-state index in [0.717, 1.165) is 24.1 Å². The van der Waals surface area contributed by atoms with Gasteiger partial charge < -0.3 is 10.6 Å². The zero-order valence-electron chi connectivity index (χ0n) is 9.77. The largest absolute Gasteiger partial charge is 0.327 e. The number of rotatable bonds is 1. The van der Waals surface area contributed by atoms with Crippen LogP contribution in [0.5, 0.6) is 0 Å². The summed E-state index contributed by atoms with van der Waals surface area (Å²) in [5, 5.41) is 5.53. The molecule has 1 aliphatic heterocycles. The zero-order chi connectivity index (χ0) is 12.5. The Kier molecular flexibility index (Phi) is 2.59. The fourth-order valence-electron chi connectivity index (χ4n) is 2.50. The molecule has 1 aromatic heterocycles. The average molecular weight is 243 g/mol. The number of hydrogen-bond donors (Lipinski definition) is 2. The molecule has 5 nitrogen and oxygen atoms in total. The molecule has 0 fully saturated rings. The van der Waals surface area contributed by atoms with Gasteiger partial charge in [0.25, 0.3) is 0 Å². The molecule has 0 saturated heterocycles. The van der Waals surface area contributed by atoms with E-state index in [0.29, 0.717) is 12.0 Å². The number of ketones is 1. The van der Waals surface area contributed by atoms with Gasteiger partial charge in [0, 0.05) is 30.1 Å². The third-order valence-corrected chi connectivity index (χ3v) is 3.30. The van der Waals surface area contributed by atoms with Gasteiger partial charge in [-0.15, -0.1) is 0 Å². The second-order valence-electron chi connectivity index (χ2n) is 4.49. The number of aromatic nitrogens is 1. The molecule has 2 heterocycles. The molecule has 2 N–H and O–H groups in total. The molecule has 0 radical (unpaired) electrons. The summed E-state index contributed by atoms with van der Waals surface area (Å²) in [6, 6.07) is 3.06. The van der Waals surface area contributed by atoms with Crippen LogP contribution in [0.2, 0.25) is 0 Å². The molecule has 1 atom stereocenters. The van der Waals surface area contributed by atoms with Crippen LogP contribution in [0.3, 0.4) is 0 Å². The van der Waals surface area contributed by atoms with Crippen LogP contribution < -0.4 is 10.6 Å². The minimum absolute atomic E-state index is 0.109. The van der Waals surface area contributed by atoms with Crippen molar-refractivity contribution < 1.29 is 9.59 Å². The Bertz CT molecular complexity index is 536. The van der Waals surface area contributed by atoms with Crippen molar-refractivity contribution in [2.45, 2.75) is 25.3 Å². The van der Waals surface area contributed by atoms with E-state index in [2.05, 4.69) is 15.6 Å². The first kappa shape index (κ1) is 11.0. The minimum atomic E-state index is -0.366. The topological polar surface area (TPSA) is 71.1 Å². The summed E-state index contributed by atoms with van der Waals surface area (Å²) in [6.07, 6.45) is 5.46. The molecule has 1 aromatic rings. The Balaban J connectivity index is 2.07. The van der Waals surface area contributed by atoms with E-state index in [1.807, 2.05) is 6.07 Å². The van der Waals surface area contributed by atoms with Crippen molar-refractivity contribution in [1.29, 1.82) is 0 Å². The molecule has 18 heavy (non-hydrogen) atoms. The monoisotopic (exact) mass is 243 g/mol. The van der Waals surface area contributed by atoms with Crippen LogP contribution in [0.25, 0.3) is 0 Å². The van der Waals surface area contributed by atoms with Crippen LogP contribution in [0.15, 0.2) is 35.8 Å². The Labute approximate surface area is 104 Å². The normalized spacial score (nSPS) is 23.2. The Morgan fingerprint density at radius 3 is 2.94 bits per heavy atom. The molecule has 0 aromatic carbocycles.